The number of carbonyl (C=O) groups excluding carboxylic acids is 1. The molecule has 1 aromatic carbocycles. The van der Waals surface area contributed by atoms with Crippen LogP contribution in [0.2, 0.25) is 0 Å². The average Bonchev–Trinajstić information content (AvgIpc) is 3.85. The molecule has 8 bridgehead atoms. The minimum atomic E-state index is -0.232. The third-order valence-corrected chi connectivity index (χ3v) is 11.6. The lowest BCUT2D eigenvalue weighted by atomic mass is 9.86. The first-order chi connectivity index (χ1) is 23.6. The number of nitrogens with zero attached hydrogens (tertiary/aromatic N) is 3. The van der Waals surface area contributed by atoms with Crippen molar-refractivity contribution in [2.24, 2.45) is 26.8 Å². The van der Waals surface area contributed by atoms with Crippen LogP contribution in [0.1, 0.15) is 60.3 Å². The lowest BCUT2D eigenvalue weighted by Gasteiger charge is -2.17. The van der Waals surface area contributed by atoms with E-state index in [1.54, 1.807) is 18.9 Å². The molecular formula is C40H42N4O4S. The van der Waals surface area contributed by atoms with E-state index < -0.39 is 0 Å². The van der Waals surface area contributed by atoms with Crippen LogP contribution in [0.3, 0.4) is 0 Å². The maximum Gasteiger partial charge on any atom is 0.305 e. The largest absolute Gasteiger partial charge is 0.511 e. The van der Waals surface area contributed by atoms with E-state index in [4.69, 9.17) is 24.5 Å². The Hall–Kier alpha value is -4.63. The van der Waals surface area contributed by atoms with Gasteiger partial charge in [0.05, 0.1) is 48.4 Å². The Morgan fingerprint density at radius 2 is 1.65 bits per heavy atom. The number of hydrogen-bond donors (Lipinski definition) is 2. The van der Waals surface area contributed by atoms with Crippen LogP contribution in [-0.4, -0.2) is 48.2 Å². The second kappa shape index (κ2) is 13.0. The molecule has 0 spiro atoms. The van der Waals surface area contributed by atoms with Crippen LogP contribution in [0.25, 0.3) is 0 Å². The number of methoxy groups -OCH3 is 2. The second-order valence-electron chi connectivity index (χ2n) is 13.2. The van der Waals surface area contributed by atoms with Crippen molar-refractivity contribution in [3.05, 3.63) is 116 Å². The smallest absolute Gasteiger partial charge is 0.305 e. The van der Waals surface area contributed by atoms with Gasteiger partial charge in [0, 0.05) is 57.9 Å². The van der Waals surface area contributed by atoms with Crippen molar-refractivity contribution >= 4 is 34.9 Å². The SMILES string of the molecule is CCC1=C(C)C2=NC1=CC1=C(C)C3=C(O)CC(=C4NC(=CC5=NC(=C2)C(CSc2ccc(OC)cc2)=C5C)[C@@H](C)[C@@H]4CCC(=O)OC)C3=N1. The zero-order valence-corrected chi connectivity index (χ0v) is 30.0. The average molecular weight is 675 g/mol. The number of ether oxygens (including phenoxy) is 2. The van der Waals surface area contributed by atoms with Crippen LogP contribution in [0.15, 0.2) is 136 Å². The van der Waals surface area contributed by atoms with E-state index in [1.807, 2.05) is 19.1 Å². The van der Waals surface area contributed by atoms with Crippen LogP contribution in [0.4, 0.5) is 0 Å². The predicted octanol–water partition coefficient (Wildman–Crippen LogP) is 8.41. The highest BCUT2D eigenvalue weighted by Gasteiger charge is 2.41. The van der Waals surface area contributed by atoms with Gasteiger partial charge in [-0.15, -0.1) is 11.8 Å². The normalized spacial score (nSPS) is 22.8. The fraction of sp³-hybridized carbons (Fsp3) is 0.350. The lowest BCUT2D eigenvalue weighted by molar-refractivity contribution is -0.140. The van der Waals surface area contributed by atoms with E-state index in [9.17, 15) is 9.90 Å². The Balaban J connectivity index is 1.38. The number of hydrogen-bond acceptors (Lipinski definition) is 9. The maximum absolute atomic E-state index is 12.3. The molecular weight excluding hydrogens is 633 g/mol. The summed E-state index contributed by atoms with van der Waals surface area (Å²) < 4.78 is 10.4. The van der Waals surface area contributed by atoms with Gasteiger partial charge in [0.25, 0.3) is 0 Å². The van der Waals surface area contributed by atoms with Crippen LogP contribution in [0.5, 0.6) is 5.75 Å². The standard InChI is InChI=1S/C40H42N4O4S/c1-8-26-20(2)31-17-35-29(19-49-25-11-9-24(47-6)10-12-25)22(4)30(42-35)16-32-21(3)27(13-14-37(46)48-7)39(43-32)28-15-36(45)38-23(5)33(44-40(28)38)18-34(26)41-31/h9-12,16-18,21,27,43,45H,8,13-15,19H2,1-7H3/t21-,27-/m0/s1. The number of nitrogens with one attached hydrogen (secondary N) is 1. The minimum absolute atomic E-state index is 0.0128. The molecule has 1 aromatic rings. The van der Waals surface area contributed by atoms with Crippen molar-refractivity contribution in [2.75, 3.05) is 20.0 Å². The zero-order valence-electron chi connectivity index (χ0n) is 29.2. The predicted molar refractivity (Wildman–Crippen MR) is 197 cm³/mol. The number of rotatable bonds is 8. The van der Waals surface area contributed by atoms with E-state index in [1.165, 1.54) is 18.3 Å². The summed E-state index contributed by atoms with van der Waals surface area (Å²) in [6.45, 7) is 10.7. The topological polar surface area (TPSA) is 105 Å². The Kier molecular flexibility index (Phi) is 8.73. The second-order valence-corrected chi connectivity index (χ2v) is 14.2. The number of carbonyl (C=O) groups is 1. The molecule has 0 unspecified atom stereocenters. The van der Waals surface area contributed by atoms with Gasteiger partial charge in [0.15, 0.2) is 0 Å². The Labute approximate surface area is 292 Å². The van der Waals surface area contributed by atoms with Gasteiger partial charge in [-0.1, -0.05) is 13.8 Å². The fourth-order valence-corrected chi connectivity index (χ4v) is 8.55. The van der Waals surface area contributed by atoms with Gasteiger partial charge in [0.2, 0.25) is 0 Å². The highest BCUT2D eigenvalue weighted by Crippen LogP contribution is 2.46. The number of allylic oxidation sites excluding steroid dienone is 12. The van der Waals surface area contributed by atoms with Crippen molar-refractivity contribution in [3.8, 4) is 5.75 Å². The summed E-state index contributed by atoms with van der Waals surface area (Å²) in [6, 6.07) is 8.15. The minimum Gasteiger partial charge on any atom is -0.511 e. The van der Waals surface area contributed by atoms with Crippen molar-refractivity contribution < 1.29 is 19.4 Å². The molecule has 2 atom stereocenters. The molecule has 1 aliphatic carbocycles. The Morgan fingerprint density at radius 1 is 0.959 bits per heavy atom. The molecule has 6 aliphatic rings. The summed E-state index contributed by atoms with van der Waals surface area (Å²) in [7, 11) is 3.11. The van der Waals surface area contributed by atoms with Gasteiger partial charge >= 0.3 is 5.97 Å². The van der Waals surface area contributed by atoms with Crippen molar-refractivity contribution in [3.63, 3.8) is 0 Å². The Bertz CT molecular complexity index is 2030. The summed E-state index contributed by atoms with van der Waals surface area (Å²) in [6.07, 6.45) is 8.51. The number of esters is 1. The van der Waals surface area contributed by atoms with Crippen LogP contribution < -0.4 is 10.1 Å². The van der Waals surface area contributed by atoms with Crippen LogP contribution >= 0.6 is 11.8 Å². The van der Waals surface area contributed by atoms with E-state index in [0.717, 1.165) is 96.3 Å². The molecule has 0 radical (unpaired) electrons. The molecule has 1 fully saturated rings. The molecule has 5 aliphatic heterocycles. The van der Waals surface area contributed by atoms with Gasteiger partial charge in [-0.25, -0.2) is 15.0 Å². The number of aliphatic imine (C=N–C) groups is 3. The fourth-order valence-electron chi connectivity index (χ4n) is 7.54. The van der Waals surface area contributed by atoms with E-state index >= 15 is 0 Å². The summed E-state index contributed by atoms with van der Waals surface area (Å²) >= 11 is 1.77. The number of thioether (sulfide) groups is 1. The first-order valence-electron chi connectivity index (χ1n) is 16.9. The molecule has 0 amide bonds. The number of fused-ring (bicyclic) bond motifs is 5. The van der Waals surface area contributed by atoms with E-state index in [0.29, 0.717) is 25.0 Å². The molecule has 0 saturated carbocycles. The van der Waals surface area contributed by atoms with Gasteiger partial charge in [-0.2, -0.15) is 0 Å². The van der Waals surface area contributed by atoms with E-state index in [-0.39, 0.29) is 17.8 Å². The van der Waals surface area contributed by atoms with Gasteiger partial charge in [-0.3, -0.25) is 4.79 Å². The number of benzene rings is 1. The van der Waals surface area contributed by atoms with Gasteiger partial charge < -0.3 is 19.9 Å². The van der Waals surface area contributed by atoms with Gasteiger partial charge in [-0.05, 0) is 104 Å². The zero-order chi connectivity index (χ0) is 34.6. The molecule has 0 aromatic heterocycles. The van der Waals surface area contributed by atoms with Crippen LogP contribution in [0, 0.1) is 11.8 Å². The molecule has 8 nitrogen and oxygen atoms in total. The summed E-state index contributed by atoms with van der Waals surface area (Å²) in [4.78, 5) is 29.1. The monoisotopic (exact) mass is 674 g/mol. The van der Waals surface area contributed by atoms with Crippen molar-refractivity contribution in [1.82, 2.24) is 5.32 Å². The highest BCUT2D eigenvalue weighted by atomic mass is 32.2. The summed E-state index contributed by atoms with van der Waals surface area (Å²) in [5, 5.41) is 15.1. The van der Waals surface area contributed by atoms with Crippen molar-refractivity contribution in [2.45, 2.75) is 65.2 Å². The number of aliphatic hydroxyl groups excluding tert-OH is 1. The summed E-state index contributed by atoms with van der Waals surface area (Å²) in [5.41, 5.74) is 14.7. The highest BCUT2D eigenvalue weighted by molar-refractivity contribution is 7.99. The first kappa shape index (κ1) is 32.9. The molecule has 1 saturated heterocycles. The number of aliphatic hydroxyl groups is 1. The third kappa shape index (κ3) is 5.78. The molecule has 5 heterocycles. The van der Waals surface area contributed by atoms with Gasteiger partial charge in [0.1, 0.15) is 11.5 Å². The van der Waals surface area contributed by atoms with Crippen molar-refractivity contribution in [1.29, 1.82) is 0 Å². The van der Waals surface area contributed by atoms with E-state index in [2.05, 4.69) is 63.4 Å². The van der Waals surface area contributed by atoms with Crippen LogP contribution in [-0.2, 0) is 9.53 Å². The molecule has 9 heteroatoms. The molecule has 252 valence electrons. The molecule has 49 heavy (non-hydrogen) atoms. The quantitative estimate of drug-likeness (QED) is 0.212. The maximum atomic E-state index is 12.3. The Morgan fingerprint density at radius 3 is 2.35 bits per heavy atom. The first-order valence-corrected chi connectivity index (χ1v) is 17.9. The summed E-state index contributed by atoms with van der Waals surface area (Å²) in [5.74, 6) is 1.77. The third-order valence-electron chi connectivity index (χ3n) is 10.5. The lowest BCUT2D eigenvalue weighted by Crippen LogP contribution is -2.16. The molecule has 2 N–H and O–H groups in total. The molecule has 7 rings (SSSR count).